The second-order valence-corrected chi connectivity index (χ2v) is 38.1. The highest BCUT2D eigenvalue weighted by Crippen LogP contribution is 2.55. The van der Waals surface area contributed by atoms with Gasteiger partial charge in [-0.25, -0.2) is 19.2 Å². The smallest absolute Gasteiger partial charge is 0.407 e. The van der Waals surface area contributed by atoms with Gasteiger partial charge in [0.1, 0.15) is 17.3 Å². The first-order valence-corrected chi connectivity index (χ1v) is 54.5. The number of ether oxygens (including phenoxy) is 20. The fourth-order valence-electron chi connectivity index (χ4n) is 18.8. The van der Waals surface area contributed by atoms with Gasteiger partial charge >= 0.3 is 24.4 Å². The van der Waals surface area contributed by atoms with Gasteiger partial charge in [0.15, 0.2) is 0 Å². The van der Waals surface area contributed by atoms with Crippen molar-refractivity contribution in [3.8, 4) is 47.4 Å². The van der Waals surface area contributed by atoms with Crippen molar-refractivity contribution in [2.24, 2.45) is 76.9 Å². The van der Waals surface area contributed by atoms with Crippen LogP contribution in [0.1, 0.15) is 188 Å². The SMILES string of the molecule is CCOC(CC(=O)CCCNC(=O)OCC1[C@H]2CCC#CCC[C@@H]12)(OCC)OCCOCCN(CCOCCOCCOCCOCCC(=O)NCCNC(=O)OCC1[C@H]2CCC#CCC[C@@H]12)c1nc(NCCC(=O)C(C)C)nc(N(CCOCCOCCOCCOCCC(=O)CCCNC(=O)OCC2[C@H]3CCC#CCC[C@@H]23)CCOCCOCCOCCOCCC(=O)NCCNC(=O)OCC2[C@H]3CCC#CCC[C@@H]23)n1. The lowest BCUT2D eigenvalue weighted by Crippen LogP contribution is -2.42. The number of carbonyl (C=O) groups excluding carboxylic acids is 9. The van der Waals surface area contributed by atoms with Gasteiger partial charge in [-0.05, 0) is 149 Å². The molecule has 9 rings (SSSR count). The van der Waals surface area contributed by atoms with Crippen LogP contribution in [0.4, 0.5) is 37.0 Å². The minimum Gasteiger partial charge on any atom is -0.449 e. The predicted octanol–water partition coefficient (Wildman–Crippen LogP) is 8.63. The van der Waals surface area contributed by atoms with Crippen LogP contribution in [0, 0.1) is 124 Å². The minimum absolute atomic E-state index is 0.0210. The molecule has 0 aromatic carbocycles. The van der Waals surface area contributed by atoms with Crippen LogP contribution in [0.15, 0.2) is 0 Å². The Bertz CT molecular complexity index is 4060. The van der Waals surface area contributed by atoms with E-state index < -0.39 is 30.3 Å². The number of anilines is 3. The molecule has 0 aliphatic heterocycles. The molecule has 4 fully saturated rings. The zero-order valence-electron chi connectivity index (χ0n) is 88.4. The average molecular weight is 2090 g/mol. The van der Waals surface area contributed by atoms with Gasteiger partial charge in [-0.2, -0.15) is 15.0 Å². The number of rotatable bonds is 87. The molecule has 41 heteroatoms. The lowest BCUT2D eigenvalue weighted by molar-refractivity contribution is -0.377. The summed E-state index contributed by atoms with van der Waals surface area (Å²) in [5, 5.41) is 19.8. The van der Waals surface area contributed by atoms with Crippen molar-refractivity contribution < 1.29 is 138 Å². The molecule has 8 aliphatic rings. The first-order valence-electron chi connectivity index (χ1n) is 54.5. The summed E-state index contributed by atoms with van der Waals surface area (Å²) >= 11 is 0. The van der Waals surface area contributed by atoms with E-state index in [9.17, 15) is 43.2 Å². The van der Waals surface area contributed by atoms with Crippen LogP contribution in [-0.4, -0.2) is 364 Å². The van der Waals surface area contributed by atoms with Crippen molar-refractivity contribution in [1.82, 2.24) is 46.9 Å². The fourth-order valence-corrected chi connectivity index (χ4v) is 18.8. The molecule has 832 valence electrons. The molecule has 0 saturated heterocycles. The first-order chi connectivity index (χ1) is 72.5. The molecule has 8 aliphatic carbocycles. The number of aromatic nitrogens is 3. The van der Waals surface area contributed by atoms with Gasteiger partial charge in [0.05, 0.1) is 211 Å². The standard InChI is InChI=1S/C107H170N12O29/c1-5-146-107(147-6-2,77-84(121)26-24-40-112-104(126)143-79-94-87-29-17-9-10-18-30-88(87)94)148-76-75-135-56-49-119(48-55-134-62-68-141-74-71-138-65-59-131-52-38-99(124)109-43-45-114-106(128)145-81-96-91-33-21-13-14-22-34-92(91)96)102-116-100(110-41-35-97(122)82(3)4)115-101(117-102)118(46-53-132-60-66-139-72-69-136-63-57-129-50-36-83(120)25-23-39-111-103(125)142-78-93-85-27-15-7-8-16-28-86(85)93)47-54-133-61-67-140-73-70-137-64-58-130-51-37-98(123)108-42-44-113-105(127)144-80-95-89-31-19-11-12-20-32-90(89)95/h82,85-96H,5-6,15-81H2,1-4H3,(H,108,123)(H,109,124)(H,111,125)(H,112,126)(H,113,127)(H,114,128)(H,110,115,116,117)/t85-,86+,87-,88+,89-,90+,91-,92+,93?,94?,95?,96?. The number of alkyl carbamates (subject to hydrolysis) is 4. The predicted molar refractivity (Wildman–Crippen MR) is 547 cm³/mol. The first kappa shape index (κ1) is 123. The number of amides is 6. The Morgan fingerprint density at radius 2 is 0.574 bits per heavy atom. The van der Waals surface area contributed by atoms with Gasteiger partial charge in [-0.3, -0.25) is 24.0 Å². The number of nitrogens with one attached hydrogen (secondary N) is 7. The number of carbonyl (C=O) groups is 9. The largest absolute Gasteiger partial charge is 0.449 e. The molecule has 41 nitrogen and oxygen atoms in total. The summed E-state index contributed by atoms with van der Waals surface area (Å²) in [7, 11) is 0. The maximum Gasteiger partial charge on any atom is 0.407 e. The number of nitrogens with zero attached hydrogens (tertiary/aromatic N) is 5. The van der Waals surface area contributed by atoms with Crippen molar-refractivity contribution >= 4 is 71.4 Å². The van der Waals surface area contributed by atoms with Gasteiger partial charge in [0.2, 0.25) is 29.7 Å². The molecule has 0 radical (unpaired) electrons. The lowest BCUT2D eigenvalue weighted by atomic mass is 10.1. The molecule has 7 N–H and O–H groups in total. The summed E-state index contributed by atoms with van der Waals surface area (Å²) in [6.45, 7) is 18.5. The highest BCUT2D eigenvalue weighted by molar-refractivity contribution is 5.81. The van der Waals surface area contributed by atoms with Gasteiger partial charge in [-0.15, -0.1) is 47.4 Å². The van der Waals surface area contributed by atoms with E-state index >= 15 is 0 Å². The van der Waals surface area contributed by atoms with Crippen LogP contribution in [0.3, 0.4) is 0 Å². The molecule has 1 aromatic rings. The Morgan fingerprint density at radius 3 is 0.878 bits per heavy atom. The van der Waals surface area contributed by atoms with Crippen LogP contribution in [-0.2, 0) is 119 Å². The van der Waals surface area contributed by atoms with E-state index in [1.54, 1.807) is 13.8 Å². The number of hydrogen-bond donors (Lipinski definition) is 7. The summed E-state index contributed by atoms with van der Waals surface area (Å²) in [5.74, 6) is 30.2. The third-order valence-corrected chi connectivity index (χ3v) is 27.2. The van der Waals surface area contributed by atoms with Crippen LogP contribution >= 0.6 is 0 Å². The van der Waals surface area contributed by atoms with E-state index in [0.29, 0.717) is 176 Å². The number of ketones is 3. The zero-order chi connectivity index (χ0) is 105. The quantitative estimate of drug-likeness (QED) is 0.0139. The summed E-state index contributed by atoms with van der Waals surface area (Å²) in [6, 6.07) is 0. The molecule has 148 heavy (non-hydrogen) atoms. The van der Waals surface area contributed by atoms with Crippen molar-refractivity contribution in [3.63, 3.8) is 0 Å². The Labute approximate surface area is 875 Å². The number of Topliss-reactive ketones (excluding diaryl/α,β-unsaturated/α-hetero) is 3. The monoisotopic (exact) mass is 2090 g/mol. The highest BCUT2D eigenvalue weighted by atomic mass is 16.9. The van der Waals surface area contributed by atoms with Gasteiger partial charge in [0.25, 0.3) is 5.97 Å². The summed E-state index contributed by atoms with van der Waals surface area (Å²) < 4.78 is 117. The molecule has 4 saturated carbocycles. The van der Waals surface area contributed by atoms with E-state index in [1.165, 1.54) is 0 Å². The van der Waals surface area contributed by atoms with E-state index in [0.717, 1.165) is 103 Å². The van der Waals surface area contributed by atoms with Crippen LogP contribution in [0.2, 0.25) is 0 Å². The Hall–Kier alpha value is -8.96. The van der Waals surface area contributed by atoms with E-state index in [-0.39, 0.29) is 296 Å². The van der Waals surface area contributed by atoms with Crippen molar-refractivity contribution in [3.05, 3.63) is 0 Å². The Balaban J connectivity index is 0.724. The van der Waals surface area contributed by atoms with Crippen LogP contribution in [0.25, 0.3) is 0 Å². The number of hydrogen-bond acceptors (Lipinski definition) is 35. The summed E-state index contributed by atoms with van der Waals surface area (Å²) in [4.78, 5) is 133. The number of fused-ring (bicyclic) bond motifs is 4. The van der Waals surface area contributed by atoms with Crippen molar-refractivity contribution in [2.75, 3.05) is 305 Å². The highest BCUT2D eigenvalue weighted by Gasteiger charge is 2.52. The molecular formula is C107H170N12O29. The second kappa shape index (κ2) is 75.7. The molecule has 1 aromatic heterocycles. The average Bonchev–Trinajstić information content (AvgIpc) is 1.64. The molecule has 4 unspecified atom stereocenters. The topological polar surface area (TPSA) is 468 Å². The Kier molecular flexibility index (Phi) is 62.7. The maximum atomic E-state index is 13.6. The minimum atomic E-state index is -1.70. The summed E-state index contributed by atoms with van der Waals surface area (Å²) in [5.41, 5.74) is 0. The molecule has 12 atom stereocenters. The lowest BCUT2D eigenvalue weighted by Gasteiger charge is -2.32. The zero-order valence-corrected chi connectivity index (χ0v) is 88.4. The molecule has 0 bridgehead atoms. The van der Waals surface area contributed by atoms with Crippen molar-refractivity contribution in [2.45, 2.75) is 194 Å². The molecule has 0 spiro atoms. The van der Waals surface area contributed by atoms with Gasteiger partial charge in [-0.1, -0.05) is 13.8 Å². The van der Waals surface area contributed by atoms with Crippen LogP contribution < -0.4 is 47.0 Å². The maximum absolute atomic E-state index is 13.6. The third kappa shape index (κ3) is 52.9. The third-order valence-electron chi connectivity index (χ3n) is 27.2. The Morgan fingerprint density at radius 1 is 0.304 bits per heavy atom. The van der Waals surface area contributed by atoms with Gasteiger partial charge in [0, 0.05) is 181 Å². The van der Waals surface area contributed by atoms with E-state index in [4.69, 9.17) is 110 Å². The van der Waals surface area contributed by atoms with Crippen LogP contribution in [0.5, 0.6) is 0 Å². The normalized spacial score (nSPS) is 20.5. The van der Waals surface area contributed by atoms with Gasteiger partial charge < -0.3 is 142 Å². The summed E-state index contributed by atoms with van der Waals surface area (Å²) in [6.07, 6.45) is 15.5. The molecule has 1 heterocycles. The fraction of sp³-hybridized carbons (Fsp3) is 0.813. The van der Waals surface area contributed by atoms with E-state index in [2.05, 4.69) is 84.6 Å². The van der Waals surface area contributed by atoms with E-state index in [1.807, 2.05) is 23.6 Å². The second-order valence-electron chi connectivity index (χ2n) is 38.1. The molecular weight excluding hydrogens is 1920 g/mol. The molecule has 6 amide bonds. The van der Waals surface area contributed by atoms with Crippen molar-refractivity contribution in [1.29, 1.82) is 0 Å².